The van der Waals surface area contributed by atoms with E-state index in [0.717, 1.165) is 6.42 Å². The Hall–Kier alpha value is -3.15. The number of carbonyl (C=O) groups is 3. The molecule has 6 atom stereocenters. The highest BCUT2D eigenvalue weighted by molar-refractivity contribution is 6.24. The summed E-state index contributed by atoms with van der Waals surface area (Å²) in [5, 5.41) is 43.1. The fourth-order valence-electron chi connectivity index (χ4n) is 5.35. The second-order valence-electron chi connectivity index (χ2n) is 9.30. The minimum absolute atomic E-state index is 0.0577. The van der Waals surface area contributed by atoms with Gasteiger partial charge in [0, 0.05) is 23.0 Å². The van der Waals surface area contributed by atoms with Crippen molar-refractivity contribution in [2.24, 2.45) is 29.4 Å². The van der Waals surface area contributed by atoms with Crippen LogP contribution in [0.25, 0.3) is 5.76 Å². The van der Waals surface area contributed by atoms with Crippen LogP contribution in [-0.2, 0) is 20.8 Å². The predicted molar refractivity (Wildman–Crippen MR) is 118 cm³/mol. The molecule has 0 aliphatic heterocycles. The average Bonchev–Trinajstić information content (AvgIpc) is 2.75. The van der Waals surface area contributed by atoms with E-state index in [2.05, 4.69) is 11.8 Å². The first kappa shape index (κ1) is 23.0. The van der Waals surface area contributed by atoms with E-state index in [1.807, 2.05) is 13.8 Å². The van der Waals surface area contributed by atoms with Crippen LogP contribution in [0.4, 0.5) is 0 Å². The molecule has 0 radical (unpaired) electrons. The van der Waals surface area contributed by atoms with Crippen LogP contribution in [-0.4, -0.2) is 49.6 Å². The molecule has 3 aliphatic carbocycles. The van der Waals surface area contributed by atoms with Crippen molar-refractivity contribution in [2.45, 2.75) is 51.2 Å². The molecular weight excluding hydrogens is 426 g/mol. The zero-order valence-electron chi connectivity index (χ0n) is 18.5. The van der Waals surface area contributed by atoms with E-state index in [-0.39, 0.29) is 42.1 Å². The summed E-state index contributed by atoms with van der Waals surface area (Å²) >= 11 is 0. The molecule has 3 unspecified atom stereocenters. The number of primary amides is 1. The molecule has 0 spiro atoms. The highest BCUT2D eigenvalue weighted by Gasteiger charge is 2.63. The maximum Gasteiger partial charge on any atom is 0.230 e. The summed E-state index contributed by atoms with van der Waals surface area (Å²) in [6.45, 7) is 4.00. The number of aliphatic hydroxyl groups is 3. The van der Waals surface area contributed by atoms with Crippen molar-refractivity contribution in [3.63, 3.8) is 0 Å². The monoisotopic (exact) mass is 453 g/mol. The van der Waals surface area contributed by atoms with Crippen LogP contribution in [0.3, 0.4) is 0 Å². The van der Waals surface area contributed by atoms with Gasteiger partial charge in [-0.2, -0.15) is 0 Å². The van der Waals surface area contributed by atoms with Crippen LogP contribution < -0.4 is 5.73 Å². The van der Waals surface area contributed by atoms with E-state index in [4.69, 9.17) is 5.73 Å². The van der Waals surface area contributed by atoms with Crippen molar-refractivity contribution in [3.8, 4) is 17.6 Å². The first-order valence-corrected chi connectivity index (χ1v) is 11.1. The lowest BCUT2D eigenvalue weighted by atomic mass is 9.56. The fraction of sp³-hybridized carbons (Fsp3) is 0.480. The van der Waals surface area contributed by atoms with Gasteiger partial charge in [-0.15, -0.1) is 0 Å². The van der Waals surface area contributed by atoms with Gasteiger partial charge in [0.2, 0.25) is 11.7 Å². The predicted octanol–water partition coefficient (Wildman–Crippen LogP) is 0.986. The van der Waals surface area contributed by atoms with Crippen molar-refractivity contribution in [1.82, 2.24) is 0 Å². The lowest BCUT2D eigenvalue weighted by Crippen LogP contribution is -2.66. The molecule has 0 bridgehead atoms. The van der Waals surface area contributed by atoms with Gasteiger partial charge < -0.3 is 26.2 Å². The van der Waals surface area contributed by atoms with Crippen molar-refractivity contribution in [3.05, 3.63) is 34.4 Å². The SMILES string of the molecule is CCC(C)C#Cc1ccc(O)c2c1C[C@H]1C[C@H]3CC(O)C(C(N)=O)C(=O)[C@@]3(O)C(=O)C1=C2O. The van der Waals surface area contributed by atoms with Crippen LogP contribution in [0.2, 0.25) is 0 Å². The Morgan fingerprint density at radius 1 is 1.27 bits per heavy atom. The maximum absolute atomic E-state index is 13.4. The van der Waals surface area contributed by atoms with E-state index >= 15 is 0 Å². The number of amides is 1. The molecule has 174 valence electrons. The first-order valence-electron chi connectivity index (χ1n) is 11.1. The number of carbonyl (C=O) groups excluding carboxylic acids is 3. The molecule has 2 fully saturated rings. The second kappa shape index (κ2) is 8.01. The summed E-state index contributed by atoms with van der Waals surface area (Å²) in [7, 11) is 0. The van der Waals surface area contributed by atoms with Crippen molar-refractivity contribution in [2.75, 3.05) is 0 Å². The van der Waals surface area contributed by atoms with Crippen LogP contribution in [0, 0.1) is 35.5 Å². The molecule has 1 amide bonds. The lowest BCUT2D eigenvalue weighted by Gasteiger charge is -2.48. The van der Waals surface area contributed by atoms with Gasteiger partial charge >= 0.3 is 0 Å². The second-order valence-corrected chi connectivity index (χ2v) is 9.30. The Morgan fingerprint density at radius 2 is 1.97 bits per heavy atom. The highest BCUT2D eigenvalue weighted by atomic mass is 16.3. The average molecular weight is 453 g/mol. The summed E-state index contributed by atoms with van der Waals surface area (Å²) in [5.41, 5.74) is 3.79. The molecule has 0 heterocycles. The number of aromatic hydroxyl groups is 1. The number of ketones is 2. The summed E-state index contributed by atoms with van der Waals surface area (Å²) < 4.78 is 0. The van der Waals surface area contributed by atoms with E-state index in [0.29, 0.717) is 11.1 Å². The molecule has 1 aromatic carbocycles. The third kappa shape index (κ3) is 3.35. The molecule has 8 heteroatoms. The zero-order chi connectivity index (χ0) is 24.2. The van der Waals surface area contributed by atoms with E-state index in [9.17, 15) is 34.8 Å². The number of benzene rings is 1. The standard InChI is InChI=1S/C25H27NO7/c1-3-11(2)4-5-12-6-7-16(27)19-15(12)9-13-8-14-10-17(28)20(24(26)32)23(31)25(14,33)22(30)18(13)21(19)29/h6-7,11,13-14,17,20,27-29,33H,3,8-10H2,1-2H3,(H2,26,32)/t11?,13-,14+,17?,20?,25+/m1/s1. The van der Waals surface area contributed by atoms with Crippen molar-refractivity contribution < 1.29 is 34.8 Å². The van der Waals surface area contributed by atoms with Crippen LogP contribution in [0.15, 0.2) is 17.7 Å². The third-order valence-electron chi connectivity index (χ3n) is 7.33. The molecule has 1 aromatic rings. The third-order valence-corrected chi connectivity index (χ3v) is 7.33. The summed E-state index contributed by atoms with van der Waals surface area (Å²) in [6.07, 6.45) is -0.301. The summed E-state index contributed by atoms with van der Waals surface area (Å²) in [4.78, 5) is 38.1. The number of fused-ring (bicyclic) bond motifs is 3. The Bertz CT molecular complexity index is 1160. The molecular formula is C25H27NO7. The number of Topliss-reactive ketones (excluding diaryl/α,β-unsaturated/α-hetero) is 2. The maximum atomic E-state index is 13.4. The van der Waals surface area contributed by atoms with Gasteiger partial charge in [0.1, 0.15) is 17.4 Å². The Kier molecular flexibility index (Phi) is 5.59. The quantitative estimate of drug-likeness (QED) is 0.330. The molecule has 8 nitrogen and oxygen atoms in total. The van der Waals surface area contributed by atoms with Crippen molar-refractivity contribution in [1.29, 1.82) is 0 Å². The molecule has 6 N–H and O–H groups in total. The van der Waals surface area contributed by atoms with Crippen LogP contribution in [0.5, 0.6) is 5.75 Å². The van der Waals surface area contributed by atoms with Gasteiger partial charge in [-0.25, -0.2) is 0 Å². The Balaban J connectivity index is 1.85. The Labute approximate surface area is 191 Å². The van der Waals surface area contributed by atoms with Gasteiger partial charge in [0.15, 0.2) is 11.4 Å². The normalized spacial score (nSPS) is 31.6. The number of hydrogen-bond donors (Lipinski definition) is 5. The van der Waals surface area contributed by atoms with Gasteiger partial charge in [-0.1, -0.05) is 25.7 Å². The summed E-state index contributed by atoms with van der Waals surface area (Å²) in [6, 6.07) is 3.04. The largest absolute Gasteiger partial charge is 0.507 e. The van der Waals surface area contributed by atoms with E-state index < -0.39 is 52.7 Å². The van der Waals surface area contributed by atoms with E-state index in [1.54, 1.807) is 6.07 Å². The molecule has 0 saturated heterocycles. The number of nitrogens with two attached hydrogens (primary N) is 1. The van der Waals surface area contributed by atoms with Crippen LogP contribution >= 0.6 is 0 Å². The minimum Gasteiger partial charge on any atom is -0.507 e. The first-order chi connectivity index (χ1) is 15.5. The smallest absolute Gasteiger partial charge is 0.230 e. The topological polar surface area (TPSA) is 158 Å². The number of rotatable bonds is 2. The molecule has 33 heavy (non-hydrogen) atoms. The molecule has 0 aromatic heterocycles. The van der Waals surface area contributed by atoms with Gasteiger partial charge in [-0.05, 0) is 49.3 Å². The van der Waals surface area contributed by atoms with Gasteiger partial charge in [0.05, 0.1) is 11.7 Å². The molecule has 2 saturated carbocycles. The van der Waals surface area contributed by atoms with Gasteiger partial charge in [-0.3, -0.25) is 14.4 Å². The number of phenolic OH excluding ortho intramolecular Hbond substituents is 1. The number of hydrogen-bond acceptors (Lipinski definition) is 7. The number of aliphatic hydroxyl groups excluding tert-OH is 2. The number of phenols is 1. The fourth-order valence-corrected chi connectivity index (χ4v) is 5.35. The van der Waals surface area contributed by atoms with Crippen molar-refractivity contribution >= 4 is 23.2 Å². The lowest BCUT2D eigenvalue weighted by molar-refractivity contribution is -0.174. The zero-order valence-corrected chi connectivity index (χ0v) is 18.5. The molecule has 4 rings (SSSR count). The highest BCUT2D eigenvalue weighted by Crippen LogP contribution is 2.51. The summed E-state index contributed by atoms with van der Waals surface area (Å²) in [5.74, 6) is -0.831. The molecule has 3 aliphatic rings. The van der Waals surface area contributed by atoms with Crippen LogP contribution in [0.1, 0.15) is 49.8 Å². The minimum atomic E-state index is -2.57. The Morgan fingerprint density at radius 3 is 2.61 bits per heavy atom. The van der Waals surface area contributed by atoms with Gasteiger partial charge in [0.25, 0.3) is 0 Å². The van der Waals surface area contributed by atoms with E-state index in [1.165, 1.54) is 6.07 Å².